The van der Waals surface area contributed by atoms with E-state index in [4.69, 9.17) is 16.3 Å². The van der Waals surface area contributed by atoms with Gasteiger partial charge in [0.2, 0.25) is 0 Å². The molecule has 0 bridgehead atoms. The minimum atomic E-state index is -4.97. The number of nitrogens with zero attached hydrogens (tertiary/aromatic N) is 1. The van der Waals surface area contributed by atoms with E-state index in [0.717, 1.165) is 10.5 Å². The summed E-state index contributed by atoms with van der Waals surface area (Å²) in [7, 11) is 0. The van der Waals surface area contributed by atoms with Crippen LogP contribution in [-0.2, 0) is 6.42 Å². The standard InChI is InChI=1S/C25H28ClF6NO2/c1-2-17-13-20(9-10-21(17)26)35-19-8-6-7-18(14-19)33(15-22(34)24(27,28)29)16-23(25(30,31)32)11-4-3-5-12-23/h6-10,13-14,22,34H,2-5,11-12,15-16H2,1H3. The summed E-state index contributed by atoms with van der Waals surface area (Å²) in [6, 6.07) is 10.9. The van der Waals surface area contributed by atoms with Gasteiger partial charge in [0.15, 0.2) is 6.10 Å². The fourth-order valence-corrected chi connectivity index (χ4v) is 4.72. The molecule has 0 aliphatic heterocycles. The van der Waals surface area contributed by atoms with Crippen LogP contribution in [0.4, 0.5) is 32.0 Å². The Labute approximate surface area is 205 Å². The summed E-state index contributed by atoms with van der Waals surface area (Å²) in [4.78, 5) is 0.975. The number of aliphatic hydroxyl groups is 1. The smallest absolute Gasteiger partial charge is 0.416 e. The fraction of sp³-hybridized carbons (Fsp3) is 0.520. The third-order valence-corrected chi connectivity index (χ3v) is 6.86. The van der Waals surface area contributed by atoms with E-state index in [1.165, 1.54) is 18.2 Å². The summed E-state index contributed by atoms with van der Waals surface area (Å²) < 4.78 is 87.8. The van der Waals surface area contributed by atoms with Crippen molar-refractivity contribution in [2.24, 2.45) is 5.41 Å². The van der Waals surface area contributed by atoms with Gasteiger partial charge >= 0.3 is 12.4 Å². The number of halogens is 7. The van der Waals surface area contributed by atoms with Gasteiger partial charge in [0.25, 0.3) is 0 Å². The zero-order valence-electron chi connectivity index (χ0n) is 19.2. The molecule has 0 radical (unpaired) electrons. The monoisotopic (exact) mass is 523 g/mol. The van der Waals surface area contributed by atoms with Crippen molar-refractivity contribution in [1.82, 2.24) is 0 Å². The lowest BCUT2D eigenvalue weighted by atomic mass is 9.73. The molecule has 0 spiro atoms. The molecule has 0 heterocycles. The number of aliphatic hydroxyl groups excluding tert-OH is 1. The Morgan fingerprint density at radius 3 is 2.26 bits per heavy atom. The fourth-order valence-electron chi connectivity index (χ4n) is 4.46. The molecule has 2 aromatic rings. The molecular weight excluding hydrogens is 496 g/mol. The average molecular weight is 524 g/mol. The van der Waals surface area contributed by atoms with E-state index < -0.39 is 37.0 Å². The SMILES string of the molecule is CCc1cc(Oc2cccc(N(CC(O)C(F)(F)F)CC3(C(F)(F)F)CCCCC3)c2)ccc1Cl. The first-order valence-corrected chi connectivity index (χ1v) is 11.9. The summed E-state index contributed by atoms with van der Waals surface area (Å²) >= 11 is 6.12. The van der Waals surface area contributed by atoms with Crippen molar-refractivity contribution in [3.05, 3.63) is 53.1 Å². The molecule has 1 saturated carbocycles. The molecule has 1 N–H and O–H groups in total. The summed E-state index contributed by atoms with van der Waals surface area (Å²) in [6.07, 6.45) is -10.7. The number of aryl methyl sites for hydroxylation is 1. The van der Waals surface area contributed by atoms with Crippen LogP contribution < -0.4 is 9.64 Å². The lowest BCUT2D eigenvalue weighted by molar-refractivity contribution is -0.232. The summed E-state index contributed by atoms with van der Waals surface area (Å²) in [5.74, 6) is 0.674. The van der Waals surface area contributed by atoms with Gasteiger partial charge in [-0.1, -0.05) is 43.9 Å². The van der Waals surface area contributed by atoms with Crippen LogP contribution in [0.1, 0.15) is 44.6 Å². The lowest BCUT2D eigenvalue weighted by Crippen LogP contribution is -2.51. The third kappa shape index (κ3) is 6.76. The van der Waals surface area contributed by atoms with E-state index in [9.17, 15) is 31.4 Å². The second kappa shape index (κ2) is 10.9. The second-order valence-electron chi connectivity index (χ2n) is 8.98. The van der Waals surface area contributed by atoms with Gasteiger partial charge in [-0.25, -0.2) is 0 Å². The molecular formula is C25H28ClF6NO2. The minimum Gasteiger partial charge on any atom is -0.457 e. The topological polar surface area (TPSA) is 32.7 Å². The van der Waals surface area contributed by atoms with Crippen LogP contribution in [0.25, 0.3) is 0 Å². The molecule has 1 atom stereocenters. The highest BCUT2D eigenvalue weighted by molar-refractivity contribution is 6.31. The number of anilines is 1. The highest BCUT2D eigenvalue weighted by Gasteiger charge is 2.55. The predicted octanol–water partition coefficient (Wildman–Crippen LogP) is 7.94. The molecule has 1 aliphatic rings. The molecule has 35 heavy (non-hydrogen) atoms. The maximum atomic E-state index is 14.2. The van der Waals surface area contributed by atoms with Gasteiger partial charge in [-0.05, 0) is 55.2 Å². The Kier molecular flexibility index (Phi) is 8.52. The van der Waals surface area contributed by atoms with Gasteiger partial charge in [-0.15, -0.1) is 0 Å². The van der Waals surface area contributed by atoms with E-state index in [2.05, 4.69) is 0 Å². The van der Waals surface area contributed by atoms with Gasteiger partial charge in [-0.3, -0.25) is 0 Å². The zero-order chi connectivity index (χ0) is 25.9. The van der Waals surface area contributed by atoms with Gasteiger partial charge < -0.3 is 14.7 Å². The first-order chi connectivity index (χ1) is 16.3. The van der Waals surface area contributed by atoms with Crippen LogP contribution in [0.2, 0.25) is 5.02 Å². The first kappa shape index (κ1) is 27.5. The molecule has 0 aromatic heterocycles. The molecule has 194 valence electrons. The largest absolute Gasteiger partial charge is 0.457 e. The van der Waals surface area contributed by atoms with Crippen LogP contribution in [-0.4, -0.2) is 36.7 Å². The normalized spacial score (nSPS) is 17.2. The van der Waals surface area contributed by atoms with Crippen molar-refractivity contribution in [3.63, 3.8) is 0 Å². The third-order valence-electron chi connectivity index (χ3n) is 6.49. The molecule has 1 aliphatic carbocycles. The number of hydrogen-bond donors (Lipinski definition) is 1. The van der Waals surface area contributed by atoms with Crippen LogP contribution in [0, 0.1) is 5.41 Å². The molecule has 10 heteroatoms. The summed E-state index contributed by atoms with van der Waals surface area (Å²) in [6.45, 7) is 0.205. The van der Waals surface area contributed by atoms with E-state index in [1.54, 1.807) is 24.3 Å². The van der Waals surface area contributed by atoms with Gasteiger partial charge in [-0.2, -0.15) is 26.3 Å². The molecule has 0 amide bonds. The molecule has 3 rings (SSSR count). The summed E-state index contributed by atoms with van der Waals surface area (Å²) in [5, 5.41) is 10.3. The van der Waals surface area contributed by atoms with Crippen molar-refractivity contribution in [2.75, 3.05) is 18.0 Å². The van der Waals surface area contributed by atoms with Crippen molar-refractivity contribution >= 4 is 17.3 Å². The molecule has 3 nitrogen and oxygen atoms in total. The molecule has 0 saturated heterocycles. The molecule has 1 unspecified atom stereocenters. The Balaban J connectivity index is 1.94. The van der Waals surface area contributed by atoms with Crippen molar-refractivity contribution in [2.45, 2.75) is 63.9 Å². The van der Waals surface area contributed by atoms with Gasteiger partial charge in [0, 0.05) is 23.3 Å². The van der Waals surface area contributed by atoms with Crippen LogP contribution in [0.5, 0.6) is 11.5 Å². The van der Waals surface area contributed by atoms with Crippen molar-refractivity contribution in [1.29, 1.82) is 0 Å². The van der Waals surface area contributed by atoms with Crippen LogP contribution in [0.15, 0.2) is 42.5 Å². The van der Waals surface area contributed by atoms with Crippen molar-refractivity contribution < 1.29 is 36.2 Å². The average Bonchev–Trinajstić information content (AvgIpc) is 2.79. The van der Waals surface area contributed by atoms with E-state index >= 15 is 0 Å². The number of hydrogen-bond acceptors (Lipinski definition) is 3. The maximum Gasteiger partial charge on any atom is 0.416 e. The number of benzene rings is 2. The lowest BCUT2D eigenvalue weighted by Gasteiger charge is -2.43. The van der Waals surface area contributed by atoms with Crippen molar-refractivity contribution in [3.8, 4) is 11.5 Å². The number of ether oxygens (including phenoxy) is 1. The highest BCUT2D eigenvalue weighted by atomic mass is 35.5. The molecule has 2 aromatic carbocycles. The van der Waals surface area contributed by atoms with E-state index in [-0.39, 0.29) is 24.3 Å². The Hall–Kier alpha value is -2.13. The minimum absolute atomic E-state index is 0.102. The number of alkyl halides is 6. The van der Waals surface area contributed by atoms with E-state index in [0.29, 0.717) is 36.5 Å². The quantitative estimate of drug-likeness (QED) is 0.356. The van der Waals surface area contributed by atoms with Crippen LogP contribution in [0.3, 0.4) is 0 Å². The van der Waals surface area contributed by atoms with E-state index in [1.807, 2.05) is 6.92 Å². The maximum absolute atomic E-state index is 14.2. The number of rotatable bonds is 8. The molecule has 1 fully saturated rings. The Morgan fingerprint density at radius 1 is 1.00 bits per heavy atom. The Bertz CT molecular complexity index is 989. The first-order valence-electron chi connectivity index (χ1n) is 11.5. The van der Waals surface area contributed by atoms with Gasteiger partial charge in [0.05, 0.1) is 12.0 Å². The van der Waals surface area contributed by atoms with Crippen LogP contribution >= 0.6 is 11.6 Å². The zero-order valence-corrected chi connectivity index (χ0v) is 20.0. The van der Waals surface area contributed by atoms with Gasteiger partial charge in [0.1, 0.15) is 11.5 Å². The highest BCUT2D eigenvalue weighted by Crippen LogP contribution is 2.50. The predicted molar refractivity (Wildman–Crippen MR) is 123 cm³/mol. The summed E-state index contributed by atoms with van der Waals surface area (Å²) in [5.41, 5.74) is -1.22. The second-order valence-corrected chi connectivity index (χ2v) is 9.39. The Morgan fingerprint density at radius 2 is 1.66 bits per heavy atom.